The molecule has 0 aliphatic heterocycles. The number of likely N-dealkylation sites (N-methyl/N-ethyl adjacent to an activating group) is 1. The zero-order chi connectivity index (χ0) is 54.8. The molecule has 2 atom stereocenters. The Hall–Kier alpha value is -4.57. The van der Waals surface area contributed by atoms with Crippen molar-refractivity contribution in [2.75, 3.05) is 47.5 Å². The van der Waals surface area contributed by atoms with Gasteiger partial charge in [0.25, 0.3) is 6.29 Å². The molecule has 0 aliphatic rings. The maximum Gasteiger partial charge on any atom is 0.361 e. The van der Waals surface area contributed by atoms with E-state index in [1.165, 1.54) is 77.0 Å². The van der Waals surface area contributed by atoms with Gasteiger partial charge in [-0.3, -0.25) is 9.59 Å². The summed E-state index contributed by atoms with van der Waals surface area (Å²) in [5.74, 6) is -2.12. The smallest absolute Gasteiger partial charge is 0.361 e. The molecule has 2 unspecified atom stereocenters. The summed E-state index contributed by atoms with van der Waals surface area (Å²) in [5, 5.41) is 9.68. The number of allylic oxidation sites excluding steroid dienone is 22. The molecule has 0 amide bonds. The zero-order valence-corrected chi connectivity index (χ0v) is 48.2. The maximum atomic E-state index is 12.9. The third-order valence-electron chi connectivity index (χ3n) is 11.9. The lowest BCUT2D eigenvalue weighted by Gasteiger charge is -2.25. The SMILES string of the molecule is CC/C=C\C/C=C\C/C=C\C/C=C\C/C=C\C/C=C\C/C=C\CCCCCCCCCCCCCCCCCC(=O)OC(COC(=O)CC/C=C\C/C=C\C/C=C\C/C=C\CC)COC(OCC[N+](C)(C)C)C(=O)O. The highest BCUT2D eigenvalue weighted by molar-refractivity contribution is 5.71. The number of hydrogen-bond donors (Lipinski definition) is 1. The maximum absolute atomic E-state index is 12.9. The monoisotopic (exact) mass is 1040 g/mol. The van der Waals surface area contributed by atoms with Gasteiger partial charge in [-0.25, -0.2) is 4.79 Å². The molecule has 0 saturated carbocycles. The molecular weight excluding hydrogens is 935 g/mol. The zero-order valence-electron chi connectivity index (χ0n) is 48.2. The van der Waals surface area contributed by atoms with Gasteiger partial charge >= 0.3 is 17.9 Å². The summed E-state index contributed by atoms with van der Waals surface area (Å²) in [5.41, 5.74) is 0. The minimum Gasteiger partial charge on any atom is -0.477 e. The number of carbonyl (C=O) groups is 3. The first-order chi connectivity index (χ1) is 36.6. The van der Waals surface area contributed by atoms with Gasteiger partial charge in [0.15, 0.2) is 6.10 Å². The second-order valence-corrected chi connectivity index (χ2v) is 20.2. The number of quaternary nitrogens is 1. The number of nitrogens with zero attached hydrogens (tertiary/aromatic N) is 1. The van der Waals surface area contributed by atoms with Crippen molar-refractivity contribution in [2.24, 2.45) is 0 Å². The first-order valence-corrected chi connectivity index (χ1v) is 29.3. The van der Waals surface area contributed by atoms with Crippen LogP contribution in [0.5, 0.6) is 0 Å². The minimum absolute atomic E-state index is 0.171. The van der Waals surface area contributed by atoms with Crippen LogP contribution in [0.2, 0.25) is 0 Å². The predicted molar refractivity (Wildman–Crippen MR) is 317 cm³/mol. The number of hydrogen-bond acceptors (Lipinski definition) is 7. The van der Waals surface area contributed by atoms with Gasteiger partial charge in [-0.1, -0.05) is 231 Å². The fraction of sp³-hybridized carbons (Fsp3) is 0.621. The number of carboxylic acids is 1. The Kier molecular flexibility index (Phi) is 52.3. The van der Waals surface area contributed by atoms with Gasteiger partial charge < -0.3 is 28.5 Å². The summed E-state index contributed by atoms with van der Waals surface area (Å²) in [6, 6.07) is 0. The van der Waals surface area contributed by atoms with Gasteiger partial charge in [0.05, 0.1) is 34.4 Å². The Morgan fingerprint density at radius 1 is 0.400 bits per heavy atom. The van der Waals surface area contributed by atoms with Gasteiger partial charge in [0.1, 0.15) is 13.2 Å². The van der Waals surface area contributed by atoms with Crippen molar-refractivity contribution in [3.63, 3.8) is 0 Å². The number of esters is 2. The van der Waals surface area contributed by atoms with E-state index in [1.807, 2.05) is 33.3 Å². The van der Waals surface area contributed by atoms with Crippen molar-refractivity contribution in [3.05, 3.63) is 134 Å². The lowest BCUT2D eigenvalue weighted by molar-refractivity contribution is -0.870. The average molecular weight is 1040 g/mol. The molecule has 0 rings (SSSR count). The molecule has 75 heavy (non-hydrogen) atoms. The van der Waals surface area contributed by atoms with Gasteiger partial charge in [-0.15, -0.1) is 0 Å². The molecular formula is C66H108NO8+. The number of ether oxygens (including phenoxy) is 4. The van der Waals surface area contributed by atoms with Crippen LogP contribution in [0.25, 0.3) is 0 Å². The van der Waals surface area contributed by atoms with E-state index in [0.29, 0.717) is 23.9 Å². The van der Waals surface area contributed by atoms with E-state index in [9.17, 15) is 19.5 Å². The van der Waals surface area contributed by atoms with Gasteiger partial charge in [-0.2, -0.15) is 0 Å². The van der Waals surface area contributed by atoms with E-state index in [1.54, 1.807) is 0 Å². The topological polar surface area (TPSA) is 108 Å². The highest BCUT2D eigenvalue weighted by Crippen LogP contribution is 2.15. The second kappa shape index (κ2) is 55.7. The van der Waals surface area contributed by atoms with Crippen molar-refractivity contribution >= 4 is 17.9 Å². The molecule has 9 heteroatoms. The van der Waals surface area contributed by atoms with Crippen LogP contribution in [0.1, 0.15) is 206 Å². The van der Waals surface area contributed by atoms with Crippen molar-refractivity contribution in [1.82, 2.24) is 0 Å². The fourth-order valence-corrected chi connectivity index (χ4v) is 7.48. The van der Waals surface area contributed by atoms with Crippen LogP contribution in [-0.2, 0) is 33.3 Å². The van der Waals surface area contributed by atoms with Crippen LogP contribution in [0.15, 0.2) is 134 Å². The molecule has 0 aliphatic carbocycles. The summed E-state index contributed by atoms with van der Waals surface area (Å²) >= 11 is 0. The summed E-state index contributed by atoms with van der Waals surface area (Å²) in [6.45, 7) is 4.54. The first-order valence-electron chi connectivity index (χ1n) is 29.3. The molecule has 0 heterocycles. The quantitative estimate of drug-likeness (QED) is 0.0211. The Bertz CT molecular complexity index is 1690. The molecule has 0 fully saturated rings. The molecule has 9 nitrogen and oxygen atoms in total. The van der Waals surface area contributed by atoms with Crippen LogP contribution >= 0.6 is 0 Å². The molecule has 0 radical (unpaired) electrons. The number of rotatable bonds is 52. The lowest BCUT2D eigenvalue weighted by Crippen LogP contribution is -2.40. The summed E-state index contributed by atoms with van der Waals surface area (Å²) in [7, 11) is 5.94. The minimum atomic E-state index is -1.53. The Morgan fingerprint density at radius 3 is 1.12 bits per heavy atom. The normalized spacial score (nSPS) is 13.8. The van der Waals surface area contributed by atoms with E-state index in [0.717, 1.165) is 89.9 Å². The van der Waals surface area contributed by atoms with E-state index in [-0.39, 0.29) is 32.7 Å². The van der Waals surface area contributed by atoms with Crippen LogP contribution < -0.4 is 0 Å². The Balaban J connectivity index is 4.13. The van der Waals surface area contributed by atoms with Crippen LogP contribution in [0.4, 0.5) is 0 Å². The van der Waals surface area contributed by atoms with Crippen LogP contribution in [-0.4, -0.2) is 87.4 Å². The molecule has 0 aromatic carbocycles. The molecule has 1 N–H and O–H groups in total. The molecule has 0 aromatic rings. The van der Waals surface area contributed by atoms with Crippen molar-refractivity contribution in [2.45, 2.75) is 219 Å². The number of aliphatic carboxylic acids is 1. The van der Waals surface area contributed by atoms with E-state index in [2.05, 4.69) is 135 Å². The van der Waals surface area contributed by atoms with Crippen molar-refractivity contribution in [3.8, 4) is 0 Å². The fourth-order valence-electron chi connectivity index (χ4n) is 7.48. The predicted octanol–water partition coefficient (Wildman–Crippen LogP) is 17.5. The van der Waals surface area contributed by atoms with Crippen LogP contribution in [0.3, 0.4) is 0 Å². The molecule has 0 saturated heterocycles. The average Bonchev–Trinajstić information content (AvgIpc) is 3.38. The lowest BCUT2D eigenvalue weighted by atomic mass is 10.0. The third-order valence-corrected chi connectivity index (χ3v) is 11.9. The standard InChI is InChI=1S/C66H107NO8/c1-6-8-10-12-14-16-18-20-21-22-23-24-25-26-27-28-29-30-31-32-33-34-35-36-37-38-39-40-41-42-43-45-47-49-51-53-55-57-64(69)75-62(61-74-66(65(70)71)72-59-58-67(3,4)5)60-73-63(68)56-54-52-50-48-46-44-19-17-15-13-11-9-7-2/h8-11,14-17,20-21,23-24,26-27,29-30,32-33,44,46,50,52,62,66H,6-7,12-13,18-19,22,25,28,31,34-43,45,47-49,51,53-61H2,1-5H3/p+1/b10-8-,11-9-,16-14-,17-15-,21-20-,24-23-,27-26-,30-29-,33-32-,46-44-,52-50-. The van der Waals surface area contributed by atoms with Crippen molar-refractivity contribution < 1.29 is 42.9 Å². The van der Waals surface area contributed by atoms with Gasteiger partial charge in [-0.05, 0) is 96.3 Å². The van der Waals surface area contributed by atoms with E-state index in [4.69, 9.17) is 18.9 Å². The van der Waals surface area contributed by atoms with E-state index < -0.39 is 30.3 Å². The summed E-state index contributed by atoms with van der Waals surface area (Å²) in [4.78, 5) is 37.3. The highest BCUT2D eigenvalue weighted by Gasteiger charge is 2.25. The third kappa shape index (κ3) is 57.0. The highest BCUT2D eigenvalue weighted by atomic mass is 16.7. The number of carbonyl (C=O) groups excluding carboxylic acids is 2. The summed E-state index contributed by atoms with van der Waals surface area (Å²) < 4.78 is 22.7. The Labute approximate surface area is 459 Å². The second-order valence-electron chi connectivity index (χ2n) is 20.2. The largest absolute Gasteiger partial charge is 0.477 e. The van der Waals surface area contributed by atoms with E-state index >= 15 is 0 Å². The first kappa shape index (κ1) is 70.4. The van der Waals surface area contributed by atoms with Gasteiger partial charge in [0, 0.05) is 12.8 Å². The summed E-state index contributed by atoms with van der Waals surface area (Å²) in [6.07, 6.45) is 77.1. The number of carboxylic acid groups (broad SMARTS) is 1. The number of unbranched alkanes of at least 4 members (excludes halogenated alkanes) is 15. The molecule has 0 spiro atoms. The Morgan fingerprint density at radius 2 is 0.747 bits per heavy atom. The molecule has 0 aromatic heterocycles. The molecule has 424 valence electrons. The van der Waals surface area contributed by atoms with Crippen LogP contribution in [0, 0.1) is 0 Å². The van der Waals surface area contributed by atoms with Gasteiger partial charge in [0.2, 0.25) is 0 Å². The molecule has 0 bridgehead atoms. The van der Waals surface area contributed by atoms with Crippen molar-refractivity contribution in [1.29, 1.82) is 0 Å².